The summed E-state index contributed by atoms with van der Waals surface area (Å²) < 4.78 is 26.7. The van der Waals surface area contributed by atoms with E-state index in [2.05, 4.69) is 4.74 Å². The monoisotopic (exact) mass is 305 g/mol. The molecule has 0 aromatic heterocycles. The number of aromatic carboxylic acids is 1. The van der Waals surface area contributed by atoms with E-state index in [4.69, 9.17) is 10.2 Å². The molecule has 0 fully saturated rings. The molecule has 0 aliphatic rings. The molecule has 0 aliphatic carbocycles. The number of hydrogen-bond donors (Lipinski definition) is 2. The van der Waals surface area contributed by atoms with Crippen molar-refractivity contribution in [2.24, 2.45) is 5.14 Å². The first kappa shape index (κ1) is 15.5. The van der Waals surface area contributed by atoms with Crippen LogP contribution in [0.15, 0.2) is 28.0 Å². The van der Waals surface area contributed by atoms with Gasteiger partial charge in [-0.05, 0) is 18.2 Å². The summed E-state index contributed by atoms with van der Waals surface area (Å²) in [6.45, 7) is 0. The number of methoxy groups -OCH3 is 1. The summed E-state index contributed by atoms with van der Waals surface area (Å²) in [4.78, 5) is 22.0. The number of carbonyl (C=O) groups is 2. The minimum absolute atomic E-state index is 0.0779. The molecule has 0 amide bonds. The molecule has 0 bridgehead atoms. The third-order valence-electron chi connectivity index (χ3n) is 2.08. The Balaban J connectivity index is 3.12. The predicted octanol–water partition coefficient (Wildman–Crippen LogP) is 0.297. The van der Waals surface area contributed by atoms with E-state index in [9.17, 15) is 18.0 Å². The second kappa shape index (κ2) is 6.04. The van der Waals surface area contributed by atoms with Gasteiger partial charge in [0.1, 0.15) is 0 Å². The fourth-order valence-corrected chi connectivity index (χ4v) is 2.57. The molecule has 0 atom stereocenters. The van der Waals surface area contributed by atoms with Gasteiger partial charge in [-0.3, -0.25) is 4.79 Å². The Kier molecular flexibility index (Phi) is 4.92. The first-order chi connectivity index (χ1) is 8.75. The van der Waals surface area contributed by atoms with Crippen molar-refractivity contribution >= 4 is 33.7 Å². The quantitative estimate of drug-likeness (QED) is 0.592. The zero-order chi connectivity index (χ0) is 14.6. The highest BCUT2D eigenvalue weighted by Gasteiger charge is 2.17. The molecule has 1 rings (SSSR count). The van der Waals surface area contributed by atoms with Gasteiger partial charge in [0.25, 0.3) is 0 Å². The van der Waals surface area contributed by atoms with Crippen LogP contribution in [-0.4, -0.2) is 38.3 Å². The highest BCUT2D eigenvalue weighted by molar-refractivity contribution is 8.00. The summed E-state index contributed by atoms with van der Waals surface area (Å²) in [6.07, 6.45) is 0. The van der Waals surface area contributed by atoms with Gasteiger partial charge in [-0.15, -0.1) is 11.8 Å². The third kappa shape index (κ3) is 4.23. The number of thioether (sulfide) groups is 1. The molecule has 0 spiro atoms. The number of nitrogens with two attached hydrogens (primary N) is 1. The lowest BCUT2D eigenvalue weighted by Crippen LogP contribution is -2.13. The fraction of sp³-hybridized carbons (Fsp3) is 0.200. The van der Waals surface area contributed by atoms with Crippen molar-refractivity contribution in [2.75, 3.05) is 12.9 Å². The Morgan fingerprint density at radius 2 is 2.05 bits per heavy atom. The number of benzene rings is 1. The van der Waals surface area contributed by atoms with E-state index in [1.54, 1.807) is 0 Å². The summed E-state index contributed by atoms with van der Waals surface area (Å²) >= 11 is 0.936. The number of esters is 1. The van der Waals surface area contributed by atoms with Crippen LogP contribution in [0.1, 0.15) is 10.4 Å². The van der Waals surface area contributed by atoms with Gasteiger partial charge in [0.2, 0.25) is 10.0 Å². The van der Waals surface area contributed by atoms with Crippen molar-refractivity contribution in [3.05, 3.63) is 23.8 Å². The van der Waals surface area contributed by atoms with Gasteiger partial charge in [0, 0.05) is 4.90 Å². The van der Waals surface area contributed by atoms with Crippen molar-refractivity contribution < 1.29 is 27.9 Å². The zero-order valence-corrected chi connectivity index (χ0v) is 11.5. The normalized spacial score (nSPS) is 11.1. The smallest absolute Gasteiger partial charge is 0.336 e. The number of ether oxygens (including phenoxy) is 1. The first-order valence-electron chi connectivity index (χ1n) is 4.85. The van der Waals surface area contributed by atoms with Crippen LogP contribution in [0.5, 0.6) is 0 Å². The topological polar surface area (TPSA) is 124 Å². The number of carboxylic acids is 1. The zero-order valence-electron chi connectivity index (χ0n) is 9.82. The summed E-state index contributed by atoms with van der Waals surface area (Å²) in [6, 6.07) is 3.43. The van der Waals surface area contributed by atoms with E-state index in [0.29, 0.717) is 0 Å². The Morgan fingerprint density at radius 3 is 2.53 bits per heavy atom. The highest BCUT2D eigenvalue weighted by atomic mass is 32.2. The third-order valence-corrected chi connectivity index (χ3v) is 4.04. The predicted molar refractivity (Wildman–Crippen MR) is 67.5 cm³/mol. The molecule has 104 valence electrons. The van der Waals surface area contributed by atoms with Crippen LogP contribution in [0.3, 0.4) is 0 Å². The van der Waals surface area contributed by atoms with Gasteiger partial charge in [0.05, 0.1) is 23.3 Å². The van der Waals surface area contributed by atoms with Crippen molar-refractivity contribution in [1.29, 1.82) is 0 Å². The minimum atomic E-state index is -3.98. The number of carbonyl (C=O) groups excluding carboxylic acids is 1. The molecule has 0 saturated heterocycles. The number of carboxylic acid groups (broad SMARTS) is 1. The van der Waals surface area contributed by atoms with Crippen LogP contribution < -0.4 is 5.14 Å². The molecule has 0 unspecified atom stereocenters. The lowest BCUT2D eigenvalue weighted by molar-refractivity contribution is -0.137. The molecular weight excluding hydrogens is 294 g/mol. The average molecular weight is 305 g/mol. The van der Waals surface area contributed by atoms with E-state index in [-0.39, 0.29) is 21.1 Å². The van der Waals surface area contributed by atoms with E-state index in [0.717, 1.165) is 17.8 Å². The SMILES string of the molecule is COC(=O)CSc1ccc(S(N)(=O)=O)cc1C(=O)O. The Bertz CT molecular complexity index is 610. The molecule has 0 aliphatic heterocycles. The van der Waals surface area contributed by atoms with Crippen LogP contribution in [0.4, 0.5) is 0 Å². The van der Waals surface area contributed by atoms with Crippen LogP contribution in [-0.2, 0) is 19.6 Å². The number of hydrogen-bond acceptors (Lipinski definition) is 6. The number of primary sulfonamides is 1. The average Bonchev–Trinajstić information content (AvgIpc) is 2.34. The Morgan fingerprint density at radius 1 is 1.42 bits per heavy atom. The molecule has 19 heavy (non-hydrogen) atoms. The Labute approximate surface area is 113 Å². The minimum Gasteiger partial charge on any atom is -0.478 e. The van der Waals surface area contributed by atoms with Gasteiger partial charge in [-0.2, -0.15) is 0 Å². The van der Waals surface area contributed by atoms with Crippen molar-refractivity contribution in [2.45, 2.75) is 9.79 Å². The van der Waals surface area contributed by atoms with E-state index < -0.39 is 22.0 Å². The molecule has 3 N–H and O–H groups in total. The fourth-order valence-electron chi connectivity index (χ4n) is 1.17. The van der Waals surface area contributed by atoms with Crippen molar-refractivity contribution in [1.82, 2.24) is 0 Å². The van der Waals surface area contributed by atoms with Gasteiger partial charge in [0.15, 0.2) is 0 Å². The summed E-state index contributed by atoms with van der Waals surface area (Å²) in [7, 11) is -2.76. The molecule has 0 radical (unpaired) electrons. The van der Waals surface area contributed by atoms with E-state index in [1.165, 1.54) is 19.2 Å². The highest BCUT2D eigenvalue weighted by Crippen LogP contribution is 2.25. The molecule has 1 aromatic rings. The number of sulfonamides is 1. The maximum atomic E-state index is 11.1. The second-order valence-electron chi connectivity index (χ2n) is 3.37. The van der Waals surface area contributed by atoms with Crippen molar-refractivity contribution in [3.63, 3.8) is 0 Å². The molecule has 9 heteroatoms. The summed E-state index contributed by atoms with van der Waals surface area (Å²) in [5, 5.41) is 13.9. The molecule has 7 nitrogen and oxygen atoms in total. The largest absolute Gasteiger partial charge is 0.478 e. The van der Waals surface area contributed by atoms with Crippen LogP contribution in [0, 0.1) is 0 Å². The van der Waals surface area contributed by atoms with Crippen LogP contribution in [0.25, 0.3) is 0 Å². The molecule has 1 aromatic carbocycles. The summed E-state index contributed by atoms with van der Waals surface area (Å²) in [5.74, 6) is -1.90. The lowest BCUT2D eigenvalue weighted by Gasteiger charge is -2.07. The van der Waals surface area contributed by atoms with Crippen LogP contribution >= 0.6 is 11.8 Å². The number of rotatable bonds is 5. The standard InChI is InChI=1S/C10H11NO6S2/c1-17-9(12)5-18-8-3-2-6(19(11,15)16)4-7(8)10(13)14/h2-4H,5H2,1H3,(H,13,14)(H2,11,15,16). The van der Waals surface area contributed by atoms with Gasteiger partial charge in [-0.1, -0.05) is 0 Å². The Hall–Kier alpha value is -1.58. The van der Waals surface area contributed by atoms with Crippen LogP contribution in [0.2, 0.25) is 0 Å². The summed E-state index contributed by atoms with van der Waals surface area (Å²) in [5.41, 5.74) is -0.236. The maximum Gasteiger partial charge on any atom is 0.336 e. The van der Waals surface area contributed by atoms with Gasteiger partial charge in [-0.25, -0.2) is 18.4 Å². The van der Waals surface area contributed by atoms with E-state index >= 15 is 0 Å². The maximum absolute atomic E-state index is 11.1. The molecular formula is C10H11NO6S2. The first-order valence-corrected chi connectivity index (χ1v) is 7.38. The molecule has 0 saturated carbocycles. The van der Waals surface area contributed by atoms with Gasteiger partial charge >= 0.3 is 11.9 Å². The van der Waals surface area contributed by atoms with E-state index in [1.807, 2.05) is 0 Å². The lowest BCUT2D eigenvalue weighted by atomic mass is 10.2. The molecule has 0 heterocycles. The second-order valence-corrected chi connectivity index (χ2v) is 5.95. The van der Waals surface area contributed by atoms with Gasteiger partial charge < -0.3 is 9.84 Å². The van der Waals surface area contributed by atoms with Crippen molar-refractivity contribution in [3.8, 4) is 0 Å².